The maximum absolute atomic E-state index is 11.4. The van der Waals surface area contributed by atoms with Gasteiger partial charge in [0, 0.05) is 10.2 Å². The molecule has 0 radical (unpaired) electrons. The number of nitrogens with one attached hydrogen (secondary N) is 1. The SMILES string of the molecule is COC(=O)c1cncc(Nc2cc(Br)ccc2C)n1. The first-order chi connectivity index (χ1) is 9.10. The molecule has 1 aromatic heterocycles. The average Bonchev–Trinajstić information content (AvgIpc) is 2.42. The second kappa shape index (κ2) is 5.79. The minimum atomic E-state index is -0.512. The number of methoxy groups -OCH3 is 1. The molecule has 0 atom stereocenters. The monoisotopic (exact) mass is 321 g/mol. The van der Waals surface area contributed by atoms with E-state index < -0.39 is 5.97 Å². The van der Waals surface area contributed by atoms with Gasteiger partial charge in [0.05, 0.1) is 19.5 Å². The summed E-state index contributed by atoms with van der Waals surface area (Å²) in [6.07, 6.45) is 2.91. The quantitative estimate of drug-likeness (QED) is 0.880. The number of ether oxygens (including phenoxy) is 1. The van der Waals surface area contributed by atoms with Crippen LogP contribution in [0.15, 0.2) is 35.1 Å². The third-order valence-corrected chi connectivity index (χ3v) is 2.98. The summed E-state index contributed by atoms with van der Waals surface area (Å²) < 4.78 is 5.56. The number of carbonyl (C=O) groups is 1. The summed E-state index contributed by atoms with van der Waals surface area (Å²) in [7, 11) is 1.31. The van der Waals surface area contributed by atoms with Gasteiger partial charge in [0.2, 0.25) is 0 Å². The molecule has 1 N–H and O–H groups in total. The Hall–Kier alpha value is -1.95. The van der Waals surface area contributed by atoms with Crippen LogP contribution in [0.5, 0.6) is 0 Å². The Morgan fingerprint density at radius 1 is 1.37 bits per heavy atom. The third-order valence-electron chi connectivity index (χ3n) is 2.49. The minimum absolute atomic E-state index is 0.167. The number of halogens is 1. The molecule has 0 unspecified atom stereocenters. The lowest BCUT2D eigenvalue weighted by Gasteiger charge is -2.09. The first-order valence-electron chi connectivity index (χ1n) is 5.53. The lowest BCUT2D eigenvalue weighted by molar-refractivity contribution is 0.0593. The highest BCUT2D eigenvalue weighted by Crippen LogP contribution is 2.23. The van der Waals surface area contributed by atoms with Crippen molar-refractivity contribution >= 4 is 33.4 Å². The van der Waals surface area contributed by atoms with Crippen LogP contribution in [0.25, 0.3) is 0 Å². The van der Waals surface area contributed by atoms with Gasteiger partial charge < -0.3 is 10.1 Å². The van der Waals surface area contributed by atoms with Gasteiger partial charge in [-0.15, -0.1) is 0 Å². The summed E-state index contributed by atoms with van der Waals surface area (Å²) in [5.41, 5.74) is 2.12. The van der Waals surface area contributed by atoms with E-state index in [4.69, 9.17) is 0 Å². The van der Waals surface area contributed by atoms with Gasteiger partial charge in [0.25, 0.3) is 0 Å². The molecular formula is C13H12BrN3O2. The number of carbonyl (C=O) groups excluding carboxylic acids is 1. The molecule has 0 amide bonds. The zero-order chi connectivity index (χ0) is 13.8. The van der Waals surface area contributed by atoms with E-state index in [1.807, 2.05) is 25.1 Å². The van der Waals surface area contributed by atoms with Gasteiger partial charge in [-0.1, -0.05) is 22.0 Å². The van der Waals surface area contributed by atoms with Crippen LogP contribution in [0.4, 0.5) is 11.5 Å². The predicted octanol–water partition coefficient (Wildman–Crippen LogP) is 3.08. The second-order valence-electron chi connectivity index (χ2n) is 3.87. The Balaban J connectivity index is 2.28. The molecule has 0 bridgehead atoms. The van der Waals surface area contributed by atoms with Crippen LogP contribution in [-0.2, 0) is 4.74 Å². The molecule has 2 aromatic rings. The average molecular weight is 322 g/mol. The van der Waals surface area contributed by atoms with E-state index in [1.54, 1.807) is 6.20 Å². The highest BCUT2D eigenvalue weighted by Gasteiger charge is 2.09. The zero-order valence-electron chi connectivity index (χ0n) is 10.5. The van der Waals surface area contributed by atoms with Crippen LogP contribution in [0.2, 0.25) is 0 Å². The Kier molecular flexibility index (Phi) is 4.11. The van der Waals surface area contributed by atoms with Gasteiger partial charge in [-0.05, 0) is 24.6 Å². The summed E-state index contributed by atoms with van der Waals surface area (Å²) in [5.74, 6) is -0.0220. The number of anilines is 2. The molecule has 0 fully saturated rings. The summed E-state index contributed by atoms with van der Waals surface area (Å²) >= 11 is 3.41. The number of hydrogen-bond acceptors (Lipinski definition) is 5. The van der Waals surface area contributed by atoms with Gasteiger partial charge in [-0.2, -0.15) is 0 Å². The Bertz CT molecular complexity index is 617. The van der Waals surface area contributed by atoms with Gasteiger partial charge in [-0.25, -0.2) is 9.78 Å². The fourth-order valence-corrected chi connectivity index (χ4v) is 1.86. The van der Waals surface area contributed by atoms with Crippen molar-refractivity contribution in [3.8, 4) is 0 Å². The number of aryl methyl sites for hydroxylation is 1. The second-order valence-corrected chi connectivity index (χ2v) is 4.78. The number of hydrogen-bond donors (Lipinski definition) is 1. The predicted molar refractivity (Wildman–Crippen MR) is 75.5 cm³/mol. The van der Waals surface area contributed by atoms with E-state index in [0.717, 1.165) is 15.7 Å². The number of nitrogens with zero attached hydrogens (tertiary/aromatic N) is 2. The molecule has 1 aromatic carbocycles. The molecule has 19 heavy (non-hydrogen) atoms. The summed E-state index contributed by atoms with van der Waals surface area (Å²) in [5, 5.41) is 3.12. The molecule has 5 nitrogen and oxygen atoms in total. The molecule has 1 heterocycles. The van der Waals surface area contributed by atoms with Crippen molar-refractivity contribution in [3.63, 3.8) is 0 Å². The topological polar surface area (TPSA) is 64.1 Å². The molecule has 0 aliphatic carbocycles. The Morgan fingerprint density at radius 2 is 2.16 bits per heavy atom. The summed E-state index contributed by atoms with van der Waals surface area (Å²) in [4.78, 5) is 19.5. The lowest BCUT2D eigenvalue weighted by Crippen LogP contribution is -2.07. The maximum atomic E-state index is 11.4. The van der Waals surface area contributed by atoms with Crippen molar-refractivity contribution in [1.82, 2.24) is 9.97 Å². The van der Waals surface area contributed by atoms with E-state index >= 15 is 0 Å². The molecule has 0 saturated carbocycles. The van der Waals surface area contributed by atoms with Crippen molar-refractivity contribution in [2.75, 3.05) is 12.4 Å². The largest absolute Gasteiger partial charge is 0.464 e. The van der Waals surface area contributed by atoms with E-state index in [9.17, 15) is 4.79 Å². The highest BCUT2D eigenvalue weighted by atomic mass is 79.9. The van der Waals surface area contributed by atoms with E-state index in [2.05, 4.69) is 36.0 Å². The van der Waals surface area contributed by atoms with E-state index in [-0.39, 0.29) is 5.69 Å². The first kappa shape index (κ1) is 13.5. The molecule has 0 aliphatic heterocycles. The maximum Gasteiger partial charge on any atom is 0.358 e. The van der Waals surface area contributed by atoms with Crippen LogP contribution < -0.4 is 5.32 Å². The fourth-order valence-electron chi connectivity index (χ4n) is 1.50. The number of benzene rings is 1. The zero-order valence-corrected chi connectivity index (χ0v) is 12.1. The van der Waals surface area contributed by atoms with Crippen LogP contribution in [0, 0.1) is 6.92 Å². The fraction of sp³-hybridized carbons (Fsp3) is 0.154. The first-order valence-corrected chi connectivity index (χ1v) is 6.33. The Morgan fingerprint density at radius 3 is 2.89 bits per heavy atom. The molecule has 2 rings (SSSR count). The van der Waals surface area contributed by atoms with Gasteiger partial charge in [-0.3, -0.25) is 4.98 Å². The molecule has 6 heteroatoms. The molecule has 0 spiro atoms. The van der Waals surface area contributed by atoms with Crippen molar-refractivity contribution in [3.05, 3.63) is 46.3 Å². The lowest BCUT2D eigenvalue weighted by atomic mass is 10.2. The molecular weight excluding hydrogens is 310 g/mol. The Labute approximate surface area is 119 Å². The normalized spacial score (nSPS) is 10.1. The van der Waals surface area contributed by atoms with E-state index in [1.165, 1.54) is 13.3 Å². The standard InChI is InChI=1S/C13H12BrN3O2/c1-8-3-4-9(14)5-10(8)16-12-7-15-6-11(17-12)13(18)19-2/h3-7H,1-2H3,(H,16,17). The van der Waals surface area contributed by atoms with Gasteiger partial charge >= 0.3 is 5.97 Å². The van der Waals surface area contributed by atoms with Crippen LogP contribution in [0.3, 0.4) is 0 Å². The number of esters is 1. The van der Waals surface area contributed by atoms with Gasteiger partial charge in [0.15, 0.2) is 5.69 Å². The minimum Gasteiger partial charge on any atom is -0.464 e. The highest BCUT2D eigenvalue weighted by molar-refractivity contribution is 9.10. The van der Waals surface area contributed by atoms with Crippen molar-refractivity contribution in [1.29, 1.82) is 0 Å². The summed E-state index contributed by atoms with van der Waals surface area (Å²) in [6.45, 7) is 1.98. The van der Waals surface area contributed by atoms with Crippen molar-refractivity contribution in [2.45, 2.75) is 6.92 Å². The number of rotatable bonds is 3. The van der Waals surface area contributed by atoms with Crippen molar-refractivity contribution < 1.29 is 9.53 Å². The third kappa shape index (κ3) is 3.29. The van der Waals surface area contributed by atoms with Crippen LogP contribution in [0.1, 0.15) is 16.1 Å². The summed E-state index contributed by atoms with van der Waals surface area (Å²) in [6, 6.07) is 5.86. The van der Waals surface area contributed by atoms with Gasteiger partial charge in [0.1, 0.15) is 5.82 Å². The van der Waals surface area contributed by atoms with Crippen LogP contribution >= 0.6 is 15.9 Å². The van der Waals surface area contributed by atoms with Crippen molar-refractivity contribution in [2.24, 2.45) is 0 Å². The molecule has 98 valence electrons. The molecule has 0 saturated heterocycles. The van der Waals surface area contributed by atoms with E-state index in [0.29, 0.717) is 5.82 Å². The smallest absolute Gasteiger partial charge is 0.358 e. The number of aromatic nitrogens is 2. The van der Waals surface area contributed by atoms with Crippen LogP contribution in [-0.4, -0.2) is 23.0 Å². The molecule has 0 aliphatic rings.